The van der Waals surface area contributed by atoms with Gasteiger partial charge in [-0.15, -0.1) is 0 Å². The Balaban J connectivity index is 1.58. The highest BCUT2D eigenvalue weighted by molar-refractivity contribution is 5.94. The van der Waals surface area contributed by atoms with E-state index in [9.17, 15) is 9.59 Å². The Kier molecular flexibility index (Phi) is 4.79. The van der Waals surface area contributed by atoms with Crippen molar-refractivity contribution >= 4 is 11.9 Å². The summed E-state index contributed by atoms with van der Waals surface area (Å²) in [6.45, 7) is 1.24. The van der Waals surface area contributed by atoms with E-state index in [2.05, 4.69) is 0 Å². The van der Waals surface area contributed by atoms with E-state index in [0.29, 0.717) is 30.9 Å². The molecule has 1 aliphatic heterocycles. The lowest BCUT2D eigenvalue weighted by Gasteiger charge is -2.16. The monoisotopic (exact) mass is 325 g/mol. The molecular weight excluding hydrogens is 306 g/mol. The van der Waals surface area contributed by atoms with E-state index < -0.39 is 11.9 Å². The first-order chi connectivity index (χ1) is 11.6. The predicted molar refractivity (Wildman–Crippen MR) is 88.9 cm³/mol. The molecule has 1 heterocycles. The van der Waals surface area contributed by atoms with Crippen LogP contribution in [-0.4, -0.2) is 35.0 Å². The molecule has 0 saturated carbocycles. The molecule has 24 heavy (non-hydrogen) atoms. The normalized spacial score (nSPS) is 16.8. The minimum atomic E-state index is -0.838. The second-order valence-corrected chi connectivity index (χ2v) is 5.87. The molecule has 5 nitrogen and oxygen atoms in total. The molecule has 124 valence electrons. The highest BCUT2D eigenvalue weighted by Gasteiger charge is 2.31. The van der Waals surface area contributed by atoms with Crippen molar-refractivity contribution in [2.45, 2.75) is 13.0 Å². The molecule has 5 heteroatoms. The van der Waals surface area contributed by atoms with E-state index in [-0.39, 0.29) is 12.5 Å². The number of hydrogen-bond acceptors (Lipinski definition) is 3. The third-order valence-electron chi connectivity index (χ3n) is 4.17. The number of nitrogens with zero attached hydrogens (tertiary/aromatic N) is 1. The summed E-state index contributed by atoms with van der Waals surface area (Å²) in [5.74, 6) is -0.731. The molecule has 1 unspecified atom stereocenters. The first kappa shape index (κ1) is 16.1. The summed E-state index contributed by atoms with van der Waals surface area (Å²) in [7, 11) is 0. The van der Waals surface area contributed by atoms with Crippen molar-refractivity contribution < 1.29 is 19.4 Å². The van der Waals surface area contributed by atoms with Crippen molar-refractivity contribution in [2.75, 3.05) is 13.1 Å². The van der Waals surface area contributed by atoms with Gasteiger partial charge in [0, 0.05) is 18.7 Å². The molecule has 1 saturated heterocycles. The van der Waals surface area contributed by atoms with Crippen LogP contribution in [0.2, 0.25) is 0 Å². The SMILES string of the molecule is O=C(O)C1CCN(C(=O)c2ccc(OCc3ccccc3)cc2)C1. The Morgan fingerprint density at radius 3 is 2.42 bits per heavy atom. The van der Waals surface area contributed by atoms with E-state index in [0.717, 1.165) is 5.56 Å². The van der Waals surface area contributed by atoms with Crippen molar-refractivity contribution in [3.63, 3.8) is 0 Å². The van der Waals surface area contributed by atoms with Gasteiger partial charge in [-0.05, 0) is 36.2 Å². The average molecular weight is 325 g/mol. The molecule has 0 aromatic heterocycles. The smallest absolute Gasteiger partial charge is 0.308 e. The van der Waals surface area contributed by atoms with Crippen LogP contribution in [0.4, 0.5) is 0 Å². The van der Waals surface area contributed by atoms with Crippen LogP contribution in [0.1, 0.15) is 22.3 Å². The number of rotatable bonds is 5. The zero-order chi connectivity index (χ0) is 16.9. The van der Waals surface area contributed by atoms with Gasteiger partial charge in [-0.25, -0.2) is 0 Å². The van der Waals surface area contributed by atoms with Gasteiger partial charge in [0.25, 0.3) is 5.91 Å². The Morgan fingerprint density at radius 1 is 1.08 bits per heavy atom. The van der Waals surface area contributed by atoms with Crippen LogP contribution in [0.15, 0.2) is 54.6 Å². The zero-order valence-corrected chi connectivity index (χ0v) is 13.2. The molecular formula is C19H19NO4. The van der Waals surface area contributed by atoms with Crippen molar-refractivity contribution in [3.8, 4) is 5.75 Å². The summed E-state index contributed by atoms with van der Waals surface area (Å²) in [6.07, 6.45) is 0.513. The molecule has 0 aliphatic carbocycles. The average Bonchev–Trinajstić information content (AvgIpc) is 3.11. The summed E-state index contributed by atoms with van der Waals surface area (Å²) >= 11 is 0. The van der Waals surface area contributed by atoms with Crippen LogP contribution in [0.3, 0.4) is 0 Å². The molecule has 0 spiro atoms. The zero-order valence-electron chi connectivity index (χ0n) is 13.2. The number of carbonyl (C=O) groups is 2. The van der Waals surface area contributed by atoms with Gasteiger partial charge in [-0.3, -0.25) is 9.59 Å². The van der Waals surface area contributed by atoms with Crippen LogP contribution >= 0.6 is 0 Å². The van der Waals surface area contributed by atoms with Crippen molar-refractivity contribution in [2.24, 2.45) is 5.92 Å². The minimum Gasteiger partial charge on any atom is -0.489 e. The van der Waals surface area contributed by atoms with Gasteiger partial charge >= 0.3 is 5.97 Å². The molecule has 2 aromatic carbocycles. The van der Waals surface area contributed by atoms with Crippen molar-refractivity contribution in [3.05, 3.63) is 65.7 Å². The lowest BCUT2D eigenvalue weighted by Crippen LogP contribution is -2.29. The number of carboxylic acids is 1. The number of carbonyl (C=O) groups excluding carboxylic acids is 1. The van der Waals surface area contributed by atoms with Crippen LogP contribution in [0, 0.1) is 5.92 Å². The first-order valence-electron chi connectivity index (χ1n) is 7.92. The minimum absolute atomic E-state index is 0.131. The first-order valence-corrected chi connectivity index (χ1v) is 7.92. The van der Waals surface area contributed by atoms with E-state index >= 15 is 0 Å². The van der Waals surface area contributed by atoms with Crippen molar-refractivity contribution in [1.29, 1.82) is 0 Å². The summed E-state index contributed by atoms with van der Waals surface area (Å²) in [5, 5.41) is 9.02. The number of likely N-dealkylation sites (tertiary alicyclic amines) is 1. The summed E-state index contributed by atoms with van der Waals surface area (Å²) in [4.78, 5) is 25.0. The second kappa shape index (κ2) is 7.17. The molecule has 0 radical (unpaired) electrons. The Hall–Kier alpha value is -2.82. The number of carboxylic acid groups (broad SMARTS) is 1. The van der Waals surface area contributed by atoms with E-state index in [1.165, 1.54) is 0 Å². The van der Waals surface area contributed by atoms with Crippen LogP contribution < -0.4 is 4.74 Å². The number of aliphatic carboxylic acids is 1. The van der Waals surface area contributed by atoms with E-state index in [4.69, 9.17) is 9.84 Å². The molecule has 1 atom stereocenters. The van der Waals surface area contributed by atoms with Gasteiger partial charge in [0.05, 0.1) is 5.92 Å². The topological polar surface area (TPSA) is 66.8 Å². The van der Waals surface area contributed by atoms with Crippen LogP contribution in [0.5, 0.6) is 5.75 Å². The van der Waals surface area contributed by atoms with E-state index in [1.807, 2.05) is 30.3 Å². The molecule has 3 rings (SSSR count). The Labute approximate surface area is 140 Å². The molecule has 1 fully saturated rings. The quantitative estimate of drug-likeness (QED) is 0.918. The fraction of sp³-hybridized carbons (Fsp3) is 0.263. The van der Waals surface area contributed by atoms with Gasteiger partial charge in [0.1, 0.15) is 12.4 Å². The fourth-order valence-electron chi connectivity index (χ4n) is 2.76. The maximum atomic E-state index is 12.4. The molecule has 1 amide bonds. The summed E-state index contributed by atoms with van der Waals surface area (Å²) in [6, 6.07) is 16.8. The summed E-state index contributed by atoms with van der Waals surface area (Å²) in [5.41, 5.74) is 1.63. The highest BCUT2D eigenvalue weighted by atomic mass is 16.5. The largest absolute Gasteiger partial charge is 0.489 e. The van der Waals surface area contributed by atoms with Crippen molar-refractivity contribution in [1.82, 2.24) is 4.90 Å². The standard InChI is InChI=1S/C19H19NO4/c21-18(20-11-10-16(12-20)19(22)23)15-6-8-17(9-7-15)24-13-14-4-2-1-3-5-14/h1-9,16H,10-13H2,(H,22,23). The van der Waals surface area contributed by atoms with Gasteiger partial charge in [-0.1, -0.05) is 30.3 Å². The lowest BCUT2D eigenvalue weighted by molar-refractivity contribution is -0.141. The molecule has 1 N–H and O–H groups in total. The predicted octanol–water partition coefficient (Wildman–Crippen LogP) is 2.81. The fourth-order valence-corrected chi connectivity index (χ4v) is 2.76. The van der Waals surface area contributed by atoms with Crippen LogP contribution in [-0.2, 0) is 11.4 Å². The molecule has 1 aliphatic rings. The Bertz CT molecular complexity index is 712. The number of amides is 1. The molecule has 2 aromatic rings. The second-order valence-electron chi connectivity index (χ2n) is 5.87. The third kappa shape index (κ3) is 3.74. The van der Waals surface area contributed by atoms with Gasteiger partial charge in [0.2, 0.25) is 0 Å². The van der Waals surface area contributed by atoms with Gasteiger partial charge in [-0.2, -0.15) is 0 Å². The molecule has 0 bridgehead atoms. The number of hydrogen-bond donors (Lipinski definition) is 1. The summed E-state index contributed by atoms with van der Waals surface area (Å²) < 4.78 is 5.70. The number of ether oxygens (including phenoxy) is 1. The highest BCUT2D eigenvalue weighted by Crippen LogP contribution is 2.20. The van der Waals surface area contributed by atoms with Gasteiger partial charge in [0.15, 0.2) is 0 Å². The maximum Gasteiger partial charge on any atom is 0.308 e. The third-order valence-corrected chi connectivity index (χ3v) is 4.17. The van der Waals surface area contributed by atoms with Crippen LogP contribution in [0.25, 0.3) is 0 Å². The Morgan fingerprint density at radius 2 is 1.79 bits per heavy atom. The number of benzene rings is 2. The lowest BCUT2D eigenvalue weighted by atomic mass is 10.1. The van der Waals surface area contributed by atoms with Gasteiger partial charge < -0.3 is 14.7 Å². The van der Waals surface area contributed by atoms with E-state index in [1.54, 1.807) is 29.2 Å². The maximum absolute atomic E-state index is 12.4.